The van der Waals surface area contributed by atoms with Crippen LogP contribution < -0.4 is 0 Å². The molecule has 0 saturated carbocycles. The third-order valence-electron chi connectivity index (χ3n) is 3.07. The Balaban J connectivity index is 3.17. The van der Waals surface area contributed by atoms with E-state index >= 15 is 0 Å². The number of rotatable bonds is 12. The molecule has 0 heterocycles. The number of unbranched alkanes of at least 4 members (excludes halogenated alkanes) is 8. The predicted molar refractivity (Wildman–Crippen MR) is 74.5 cm³/mol. The number of hydrogen-bond acceptors (Lipinski definition) is 3. The van der Waals surface area contributed by atoms with Crippen molar-refractivity contribution in [2.24, 2.45) is 0 Å². The molecule has 0 unspecified atom stereocenters. The molecule has 0 rings (SSSR count). The first kappa shape index (κ1) is 17.4. The first-order chi connectivity index (χ1) is 8.70. The molecule has 0 aliphatic carbocycles. The van der Waals surface area contributed by atoms with Crippen molar-refractivity contribution < 1.29 is 14.6 Å². The van der Waals surface area contributed by atoms with Crippen molar-refractivity contribution in [3.05, 3.63) is 0 Å². The molecule has 0 aromatic rings. The molecule has 3 heteroatoms. The summed E-state index contributed by atoms with van der Waals surface area (Å²) in [5.41, 5.74) is 0. The smallest absolute Gasteiger partial charge is 0.306 e. The molecule has 1 atom stereocenters. The van der Waals surface area contributed by atoms with Crippen LogP contribution in [0.2, 0.25) is 0 Å². The molecule has 0 amide bonds. The van der Waals surface area contributed by atoms with Gasteiger partial charge in [0.2, 0.25) is 0 Å². The molecule has 0 aliphatic heterocycles. The van der Waals surface area contributed by atoms with Crippen molar-refractivity contribution in [1.82, 2.24) is 0 Å². The Morgan fingerprint density at radius 2 is 1.50 bits per heavy atom. The maximum absolute atomic E-state index is 11.3. The van der Waals surface area contributed by atoms with E-state index in [0.29, 0.717) is 6.42 Å². The number of ether oxygens (including phenoxy) is 1. The Morgan fingerprint density at radius 1 is 1.00 bits per heavy atom. The third-order valence-corrected chi connectivity index (χ3v) is 3.07. The topological polar surface area (TPSA) is 46.5 Å². The number of aliphatic hydroxyl groups is 1. The van der Waals surface area contributed by atoms with Crippen molar-refractivity contribution in [2.45, 2.75) is 84.2 Å². The zero-order chi connectivity index (χ0) is 13.6. The van der Waals surface area contributed by atoms with Crippen LogP contribution in [0.1, 0.15) is 78.1 Å². The SMILES string of the molecule is CCCCCCCCCCCC(=O)O[C@H](C)CO. The molecular formula is C15H30O3. The van der Waals surface area contributed by atoms with E-state index in [1.807, 2.05) is 0 Å². The van der Waals surface area contributed by atoms with Crippen molar-refractivity contribution in [3.8, 4) is 0 Å². The monoisotopic (exact) mass is 258 g/mol. The fraction of sp³-hybridized carbons (Fsp3) is 0.933. The molecule has 0 aliphatic rings. The number of esters is 1. The molecule has 0 fully saturated rings. The second-order valence-corrected chi connectivity index (χ2v) is 5.06. The van der Waals surface area contributed by atoms with Gasteiger partial charge in [-0.2, -0.15) is 0 Å². The second kappa shape index (κ2) is 12.9. The minimum Gasteiger partial charge on any atom is -0.460 e. The van der Waals surface area contributed by atoms with E-state index in [0.717, 1.165) is 12.8 Å². The van der Waals surface area contributed by atoms with Crippen LogP contribution in [0.15, 0.2) is 0 Å². The summed E-state index contributed by atoms with van der Waals surface area (Å²) in [5.74, 6) is -0.181. The minimum atomic E-state index is -0.365. The minimum absolute atomic E-state index is 0.0938. The lowest BCUT2D eigenvalue weighted by Crippen LogP contribution is -2.18. The van der Waals surface area contributed by atoms with Crippen molar-refractivity contribution in [1.29, 1.82) is 0 Å². The number of carbonyl (C=O) groups is 1. The predicted octanol–water partition coefficient (Wildman–Crippen LogP) is 3.83. The second-order valence-electron chi connectivity index (χ2n) is 5.06. The van der Waals surface area contributed by atoms with Crippen LogP contribution in [0.5, 0.6) is 0 Å². The van der Waals surface area contributed by atoms with Gasteiger partial charge in [-0.3, -0.25) is 4.79 Å². The Hall–Kier alpha value is -0.570. The zero-order valence-corrected chi connectivity index (χ0v) is 12.1. The highest BCUT2D eigenvalue weighted by Crippen LogP contribution is 2.10. The highest BCUT2D eigenvalue weighted by Gasteiger charge is 2.07. The molecule has 1 N–H and O–H groups in total. The summed E-state index contributed by atoms with van der Waals surface area (Å²) in [6.45, 7) is 3.84. The lowest BCUT2D eigenvalue weighted by Gasteiger charge is -2.09. The van der Waals surface area contributed by atoms with Gasteiger partial charge < -0.3 is 9.84 Å². The van der Waals surface area contributed by atoms with Crippen molar-refractivity contribution >= 4 is 5.97 Å². The van der Waals surface area contributed by atoms with Gasteiger partial charge in [0.15, 0.2) is 0 Å². The van der Waals surface area contributed by atoms with Gasteiger partial charge in [-0.05, 0) is 13.3 Å². The number of carbonyl (C=O) groups excluding carboxylic acids is 1. The maximum Gasteiger partial charge on any atom is 0.306 e. The van der Waals surface area contributed by atoms with Crippen LogP contribution in [-0.2, 0) is 9.53 Å². The van der Waals surface area contributed by atoms with Crippen LogP contribution in [0, 0.1) is 0 Å². The molecule has 0 aromatic heterocycles. The van der Waals surface area contributed by atoms with Gasteiger partial charge in [0.05, 0.1) is 6.61 Å². The van der Waals surface area contributed by atoms with Gasteiger partial charge in [0.25, 0.3) is 0 Å². The van der Waals surface area contributed by atoms with E-state index < -0.39 is 0 Å². The molecule has 108 valence electrons. The highest BCUT2D eigenvalue weighted by atomic mass is 16.5. The van der Waals surface area contributed by atoms with Gasteiger partial charge in [-0.1, -0.05) is 58.3 Å². The largest absolute Gasteiger partial charge is 0.460 e. The summed E-state index contributed by atoms with van der Waals surface area (Å²) in [6, 6.07) is 0. The zero-order valence-electron chi connectivity index (χ0n) is 12.1. The Kier molecular flexibility index (Phi) is 12.5. The third kappa shape index (κ3) is 11.9. The number of hydrogen-bond donors (Lipinski definition) is 1. The molecular weight excluding hydrogens is 228 g/mol. The van der Waals surface area contributed by atoms with Gasteiger partial charge in [-0.25, -0.2) is 0 Å². The van der Waals surface area contributed by atoms with Gasteiger partial charge >= 0.3 is 5.97 Å². The molecule has 0 saturated heterocycles. The Bertz CT molecular complexity index is 192. The summed E-state index contributed by atoms with van der Waals surface area (Å²) in [4.78, 5) is 11.3. The van der Waals surface area contributed by atoms with E-state index in [9.17, 15) is 4.79 Å². The summed E-state index contributed by atoms with van der Waals surface area (Å²) in [6.07, 6.45) is 11.3. The van der Waals surface area contributed by atoms with Gasteiger partial charge in [0, 0.05) is 6.42 Å². The van der Waals surface area contributed by atoms with Crippen molar-refractivity contribution in [3.63, 3.8) is 0 Å². The molecule has 3 nitrogen and oxygen atoms in total. The van der Waals surface area contributed by atoms with E-state index in [1.165, 1.54) is 44.9 Å². The van der Waals surface area contributed by atoms with Crippen LogP contribution >= 0.6 is 0 Å². The standard InChI is InChI=1S/C15H30O3/c1-3-4-5-6-7-8-9-10-11-12-15(17)18-14(2)13-16/h14,16H,3-13H2,1-2H3/t14-/m1/s1. The van der Waals surface area contributed by atoms with E-state index in [-0.39, 0.29) is 18.7 Å². The first-order valence-corrected chi connectivity index (χ1v) is 7.51. The normalized spacial score (nSPS) is 12.4. The lowest BCUT2D eigenvalue weighted by atomic mass is 10.1. The lowest BCUT2D eigenvalue weighted by molar-refractivity contribution is -0.150. The summed E-state index contributed by atoms with van der Waals surface area (Å²) < 4.78 is 4.98. The fourth-order valence-electron chi connectivity index (χ4n) is 1.90. The summed E-state index contributed by atoms with van der Waals surface area (Å²) in [7, 11) is 0. The van der Waals surface area contributed by atoms with Crippen LogP contribution in [0.25, 0.3) is 0 Å². The average molecular weight is 258 g/mol. The molecule has 0 radical (unpaired) electrons. The molecule has 0 aromatic carbocycles. The first-order valence-electron chi connectivity index (χ1n) is 7.51. The van der Waals surface area contributed by atoms with Gasteiger partial charge in [-0.15, -0.1) is 0 Å². The molecule has 0 spiro atoms. The Morgan fingerprint density at radius 3 is 2.00 bits per heavy atom. The van der Waals surface area contributed by atoms with Crippen LogP contribution in [0.4, 0.5) is 0 Å². The van der Waals surface area contributed by atoms with Gasteiger partial charge in [0.1, 0.15) is 6.10 Å². The molecule has 0 bridgehead atoms. The molecule has 18 heavy (non-hydrogen) atoms. The number of aliphatic hydroxyl groups excluding tert-OH is 1. The van der Waals surface area contributed by atoms with Crippen molar-refractivity contribution in [2.75, 3.05) is 6.61 Å². The van der Waals surface area contributed by atoms with E-state index in [2.05, 4.69) is 6.92 Å². The summed E-state index contributed by atoms with van der Waals surface area (Å²) in [5, 5.41) is 8.74. The van der Waals surface area contributed by atoms with Crippen LogP contribution in [-0.4, -0.2) is 23.8 Å². The average Bonchev–Trinajstić information content (AvgIpc) is 2.36. The van der Waals surface area contributed by atoms with E-state index in [4.69, 9.17) is 9.84 Å². The van der Waals surface area contributed by atoms with Crippen LogP contribution in [0.3, 0.4) is 0 Å². The van der Waals surface area contributed by atoms with E-state index in [1.54, 1.807) is 6.92 Å². The highest BCUT2D eigenvalue weighted by molar-refractivity contribution is 5.69. The Labute approximate surface area is 112 Å². The fourth-order valence-corrected chi connectivity index (χ4v) is 1.90. The maximum atomic E-state index is 11.3. The quantitative estimate of drug-likeness (QED) is 0.427. The summed E-state index contributed by atoms with van der Waals surface area (Å²) >= 11 is 0.